The van der Waals surface area contributed by atoms with Crippen molar-refractivity contribution in [3.8, 4) is 0 Å². The summed E-state index contributed by atoms with van der Waals surface area (Å²) in [7, 11) is 0. The van der Waals surface area contributed by atoms with Gasteiger partial charge in [0.05, 0.1) is 6.54 Å². The van der Waals surface area contributed by atoms with Crippen LogP contribution < -0.4 is 5.32 Å². The predicted octanol–water partition coefficient (Wildman–Crippen LogP) is 0.463. The van der Waals surface area contributed by atoms with E-state index >= 15 is 0 Å². The van der Waals surface area contributed by atoms with Crippen LogP contribution in [0.25, 0.3) is 0 Å². The number of aliphatic hydroxyl groups is 1. The lowest BCUT2D eigenvalue weighted by Gasteiger charge is -2.18. The number of rotatable bonds is 2. The van der Waals surface area contributed by atoms with Crippen LogP contribution in [0, 0.1) is 0 Å². The number of fused-ring (bicyclic) bond motifs is 1. The van der Waals surface area contributed by atoms with Gasteiger partial charge in [-0.15, -0.1) is 10.2 Å². The fourth-order valence-electron chi connectivity index (χ4n) is 2.10. The van der Waals surface area contributed by atoms with Gasteiger partial charge >= 0.3 is 0 Å². The smallest absolute Gasteiger partial charge is 0.166 e. The minimum Gasteiger partial charge on any atom is -0.380 e. The molecule has 2 N–H and O–H groups in total. The third-order valence-corrected chi connectivity index (χ3v) is 3.01. The molecular weight excluding hydrogens is 216 g/mol. The van der Waals surface area contributed by atoms with E-state index in [-0.39, 0.29) is 0 Å². The predicted molar refractivity (Wildman–Crippen MR) is 62.2 cm³/mol. The molecule has 0 spiro atoms. The van der Waals surface area contributed by atoms with E-state index in [1.54, 1.807) is 0 Å². The van der Waals surface area contributed by atoms with Gasteiger partial charge in [0.15, 0.2) is 5.82 Å². The lowest BCUT2D eigenvalue weighted by Crippen LogP contribution is -2.29. The van der Waals surface area contributed by atoms with Crippen molar-refractivity contribution in [2.45, 2.75) is 19.2 Å². The molecule has 0 saturated carbocycles. The summed E-state index contributed by atoms with van der Waals surface area (Å²) < 4.78 is 1.99. The Bertz CT molecular complexity index is 508. The summed E-state index contributed by atoms with van der Waals surface area (Å²) in [5, 5.41) is 21.7. The van der Waals surface area contributed by atoms with Gasteiger partial charge in [0.1, 0.15) is 11.9 Å². The highest BCUT2D eigenvalue weighted by Crippen LogP contribution is 2.21. The lowest BCUT2D eigenvalue weighted by molar-refractivity contribution is 0.202. The number of benzene rings is 1. The number of aromatic nitrogens is 3. The van der Waals surface area contributed by atoms with Gasteiger partial charge < -0.3 is 15.0 Å². The zero-order chi connectivity index (χ0) is 11.7. The molecule has 0 bridgehead atoms. The van der Waals surface area contributed by atoms with Crippen molar-refractivity contribution < 1.29 is 5.11 Å². The van der Waals surface area contributed by atoms with Gasteiger partial charge in [0.25, 0.3) is 0 Å². The fourth-order valence-corrected chi connectivity index (χ4v) is 2.10. The Labute approximate surface area is 99.1 Å². The first-order chi connectivity index (χ1) is 8.36. The average molecular weight is 230 g/mol. The molecule has 1 atom stereocenters. The zero-order valence-electron chi connectivity index (χ0n) is 9.37. The van der Waals surface area contributed by atoms with Crippen LogP contribution in [-0.4, -0.2) is 26.4 Å². The normalized spacial score (nSPS) is 16.5. The lowest BCUT2D eigenvalue weighted by atomic mass is 10.1. The third kappa shape index (κ3) is 1.83. The van der Waals surface area contributed by atoms with E-state index in [9.17, 15) is 5.11 Å². The zero-order valence-corrected chi connectivity index (χ0v) is 9.37. The monoisotopic (exact) mass is 230 g/mol. The maximum absolute atomic E-state index is 10.3. The molecule has 1 aromatic carbocycles. The van der Waals surface area contributed by atoms with Crippen LogP contribution in [0.2, 0.25) is 0 Å². The van der Waals surface area contributed by atoms with Gasteiger partial charge in [-0.2, -0.15) is 0 Å². The molecule has 1 aliphatic rings. The van der Waals surface area contributed by atoms with Crippen molar-refractivity contribution in [2.75, 3.05) is 6.54 Å². The van der Waals surface area contributed by atoms with E-state index < -0.39 is 6.10 Å². The van der Waals surface area contributed by atoms with Crippen molar-refractivity contribution in [2.24, 2.45) is 0 Å². The van der Waals surface area contributed by atoms with Crippen molar-refractivity contribution in [3.05, 3.63) is 47.5 Å². The summed E-state index contributed by atoms with van der Waals surface area (Å²) >= 11 is 0. The van der Waals surface area contributed by atoms with Gasteiger partial charge in [-0.1, -0.05) is 30.3 Å². The van der Waals surface area contributed by atoms with Gasteiger partial charge in [-0.25, -0.2) is 0 Å². The molecule has 0 fully saturated rings. The van der Waals surface area contributed by atoms with Gasteiger partial charge in [-0.05, 0) is 5.56 Å². The molecule has 88 valence electrons. The Morgan fingerprint density at radius 2 is 2.06 bits per heavy atom. The van der Waals surface area contributed by atoms with Crippen LogP contribution in [0.1, 0.15) is 23.3 Å². The van der Waals surface area contributed by atoms with E-state index in [2.05, 4.69) is 15.5 Å². The standard InChI is InChI=1S/C12H14N4O/c17-11(9-4-2-1-3-5-9)12-15-14-10-8-13-6-7-16(10)12/h1-5,11,13,17H,6-8H2. The maximum Gasteiger partial charge on any atom is 0.166 e. The van der Waals surface area contributed by atoms with Crippen molar-refractivity contribution in [1.82, 2.24) is 20.1 Å². The molecule has 1 unspecified atom stereocenters. The highest BCUT2D eigenvalue weighted by Gasteiger charge is 2.21. The quantitative estimate of drug-likeness (QED) is 0.787. The topological polar surface area (TPSA) is 63.0 Å². The molecule has 3 rings (SSSR count). The van der Waals surface area contributed by atoms with Crippen LogP contribution in [0.3, 0.4) is 0 Å². The molecule has 2 heterocycles. The van der Waals surface area contributed by atoms with E-state index in [1.807, 2.05) is 34.9 Å². The average Bonchev–Trinajstić information content (AvgIpc) is 2.83. The van der Waals surface area contributed by atoms with Gasteiger partial charge in [-0.3, -0.25) is 0 Å². The van der Waals surface area contributed by atoms with E-state index in [0.29, 0.717) is 12.4 Å². The Morgan fingerprint density at radius 3 is 2.88 bits per heavy atom. The second-order valence-corrected chi connectivity index (χ2v) is 4.12. The third-order valence-electron chi connectivity index (χ3n) is 3.01. The largest absolute Gasteiger partial charge is 0.380 e. The van der Waals surface area contributed by atoms with E-state index in [4.69, 9.17) is 0 Å². The van der Waals surface area contributed by atoms with Gasteiger partial charge in [0, 0.05) is 13.1 Å². The first kappa shape index (κ1) is 10.4. The Kier molecular flexibility index (Phi) is 2.62. The fraction of sp³-hybridized carbons (Fsp3) is 0.333. The Balaban J connectivity index is 1.97. The van der Waals surface area contributed by atoms with Crippen LogP contribution in [0.5, 0.6) is 0 Å². The molecule has 1 aromatic heterocycles. The van der Waals surface area contributed by atoms with E-state index in [1.165, 1.54) is 0 Å². The molecule has 5 nitrogen and oxygen atoms in total. The molecule has 2 aromatic rings. The summed E-state index contributed by atoms with van der Waals surface area (Å²) in [6, 6.07) is 9.54. The molecule has 17 heavy (non-hydrogen) atoms. The summed E-state index contributed by atoms with van der Waals surface area (Å²) in [5.41, 5.74) is 0.848. The van der Waals surface area contributed by atoms with Crippen molar-refractivity contribution in [3.63, 3.8) is 0 Å². The number of nitrogens with one attached hydrogen (secondary N) is 1. The minimum atomic E-state index is -0.699. The molecule has 0 radical (unpaired) electrons. The molecule has 0 amide bonds. The molecule has 5 heteroatoms. The second kappa shape index (κ2) is 4.27. The summed E-state index contributed by atoms with van der Waals surface area (Å²) in [4.78, 5) is 0. The molecule has 0 saturated heterocycles. The second-order valence-electron chi connectivity index (χ2n) is 4.12. The van der Waals surface area contributed by atoms with Gasteiger partial charge in [0.2, 0.25) is 0 Å². The summed E-state index contributed by atoms with van der Waals surface area (Å²) in [6.45, 7) is 2.41. The van der Waals surface area contributed by atoms with Crippen molar-refractivity contribution in [1.29, 1.82) is 0 Å². The SMILES string of the molecule is OC(c1ccccc1)c1nnc2n1CCNC2. The summed E-state index contributed by atoms with van der Waals surface area (Å²) in [6.07, 6.45) is -0.699. The number of hydrogen-bond acceptors (Lipinski definition) is 4. The van der Waals surface area contributed by atoms with Crippen molar-refractivity contribution >= 4 is 0 Å². The highest BCUT2D eigenvalue weighted by molar-refractivity contribution is 5.23. The molecular formula is C12H14N4O. The molecule has 1 aliphatic heterocycles. The minimum absolute atomic E-state index is 0.632. The number of hydrogen-bond donors (Lipinski definition) is 2. The Morgan fingerprint density at radius 1 is 1.24 bits per heavy atom. The van der Waals surface area contributed by atoms with Crippen LogP contribution in [0.15, 0.2) is 30.3 Å². The van der Waals surface area contributed by atoms with Crippen LogP contribution >= 0.6 is 0 Å². The highest BCUT2D eigenvalue weighted by atomic mass is 16.3. The molecule has 0 aliphatic carbocycles. The van der Waals surface area contributed by atoms with E-state index in [0.717, 1.165) is 24.5 Å². The summed E-state index contributed by atoms with van der Waals surface area (Å²) in [5.74, 6) is 1.52. The number of nitrogens with zero attached hydrogens (tertiary/aromatic N) is 3. The maximum atomic E-state index is 10.3. The van der Waals surface area contributed by atoms with Crippen LogP contribution in [0.4, 0.5) is 0 Å². The number of aliphatic hydroxyl groups excluding tert-OH is 1. The first-order valence-electron chi connectivity index (χ1n) is 5.72. The first-order valence-corrected chi connectivity index (χ1v) is 5.72. The Hall–Kier alpha value is -1.72. The van der Waals surface area contributed by atoms with Crippen LogP contribution in [-0.2, 0) is 13.1 Å².